The zero-order chi connectivity index (χ0) is 18.4. The van der Waals surface area contributed by atoms with Crippen LogP contribution in [-0.2, 0) is 16.1 Å². The maximum atomic E-state index is 12.5. The predicted octanol–water partition coefficient (Wildman–Crippen LogP) is 4.50. The van der Waals surface area contributed by atoms with Gasteiger partial charge in [-0.3, -0.25) is 0 Å². The smallest absolute Gasteiger partial charge is 0.339 e. The standard InChI is InChI=1S/C22H18O4/c1-25-21(23)18-13-11-16(12-14-18)15-26-22(24)20-10-6-5-9-19(20)17-7-3-2-4-8-17/h2-14H,15H2,1H3. The molecule has 0 fully saturated rings. The highest BCUT2D eigenvalue weighted by Gasteiger charge is 2.14. The summed E-state index contributed by atoms with van der Waals surface area (Å²) in [7, 11) is 1.34. The Balaban J connectivity index is 1.72. The number of ether oxygens (including phenoxy) is 2. The first-order chi connectivity index (χ1) is 12.7. The van der Waals surface area contributed by atoms with Gasteiger partial charge in [-0.05, 0) is 34.9 Å². The van der Waals surface area contributed by atoms with Crippen LogP contribution < -0.4 is 0 Å². The van der Waals surface area contributed by atoms with Crippen molar-refractivity contribution in [2.75, 3.05) is 7.11 Å². The minimum Gasteiger partial charge on any atom is -0.465 e. The molecule has 3 aromatic carbocycles. The number of carbonyl (C=O) groups is 2. The van der Waals surface area contributed by atoms with Gasteiger partial charge in [0, 0.05) is 0 Å². The largest absolute Gasteiger partial charge is 0.465 e. The van der Waals surface area contributed by atoms with Gasteiger partial charge in [-0.15, -0.1) is 0 Å². The lowest BCUT2D eigenvalue weighted by Gasteiger charge is -2.10. The molecule has 0 aliphatic heterocycles. The number of methoxy groups -OCH3 is 1. The maximum absolute atomic E-state index is 12.5. The molecule has 0 aromatic heterocycles. The monoisotopic (exact) mass is 346 g/mol. The van der Waals surface area contributed by atoms with Crippen LogP contribution in [0.1, 0.15) is 26.3 Å². The molecule has 4 nitrogen and oxygen atoms in total. The van der Waals surface area contributed by atoms with Gasteiger partial charge in [-0.25, -0.2) is 9.59 Å². The van der Waals surface area contributed by atoms with Gasteiger partial charge in [-0.2, -0.15) is 0 Å². The second kappa shape index (κ2) is 8.12. The van der Waals surface area contributed by atoms with E-state index in [1.54, 1.807) is 30.3 Å². The highest BCUT2D eigenvalue weighted by molar-refractivity contribution is 5.97. The van der Waals surface area contributed by atoms with E-state index in [0.717, 1.165) is 16.7 Å². The minimum absolute atomic E-state index is 0.128. The molecule has 26 heavy (non-hydrogen) atoms. The van der Waals surface area contributed by atoms with Crippen molar-refractivity contribution in [1.82, 2.24) is 0 Å². The minimum atomic E-state index is -0.398. The topological polar surface area (TPSA) is 52.6 Å². The summed E-state index contributed by atoms with van der Waals surface area (Å²) in [6.07, 6.45) is 0. The summed E-state index contributed by atoms with van der Waals surface area (Å²) >= 11 is 0. The number of hydrogen-bond acceptors (Lipinski definition) is 4. The van der Waals surface area contributed by atoms with Gasteiger partial charge >= 0.3 is 11.9 Å². The molecule has 0 N–H and O–H groups in total. The predicted molar refractivity (Wildman–Crippen MR) is 98.8 cm³/mol. The Morgan fingerprint density at radius 3 is 2.12 bits per heavy atom. The van der Waals surface area contributed by atoms with E-state index >= 15 is 0 Å². The van der Waals surface area contributed by atoms with Crippen molar-refractivity contribution in [3.05, 3.63) is 95.6 Å². The molecule has 0 spiro atoms. The van der Waals surface area contributed by atoms with E-state index in [4.69, 9.17) is 4.74 Å². The van der Waals surface area contributed by atoms with Crippen LogP contribution in [0.3, 0.4) is 0 Å². The lowest BCUT2D eigenvalue weighted by atomic mass is 10.00. The molecule has 3 rings (SSSR count). The van der Waals surface area contributed by atoms with Crippen LogP contribution in [0.2, 0.25) is 0 Å². The summed E-state index contributed by atoms with van der Waals surface area (Å²) in [6, 6.07) is 23.8. The van der Waals surface area contributed by atoms with Crippen LogP contribution in [-0.4, -0.2) is 19.0 Å². The SMILES string of the molecule is COC(=O)c1ccc(COC(=O)c2ccccc2-c2ccccc2)cc1. The Labute approximate surface area is 152 Å². The van der Waals surface area contributed by atoms with E-state index in [-0.39, 0.29) is 12.6 Å². The first-order valence-electron chi connectivity index (χ1n) is 8.18. The van der Waals surface area contributed by atoms with Crippen molar-refractivity contribution >= 4 is 11.9 Å². The number of hydrogen-bond donors (Lipinski definition) is 0. The van der Waals surface area contributed by atoms with Gasteiger partial charge in [0.2, 0.25) is 0 Å². The molecule has 0 unspecified atom stereocenters. The summed E-state index contributed by atoms with van der Waals surface area (Å²) in [5, 5.41) is 0. The fraction of sp³-hybridized carbons (Fsp3) is 0.0909. The Kier molecular flexibility index (Phi) is 5.44. The van der Waals surface area contributed by atoms with Crippen molar-refractivity contribution in [3.63, 3.8) is 0 Å². The number of rotatable bonds is 5. The van der Waals surface area contributed by atoms with E-state index in [1.807, 2.05) is 48.5 Å². The van der Waals surface area contributed by atoms with Crippen molar-refractivity contribution in [3.8, 4) is 11.1 Å². The fourth-order valence-electron chi connectivity index (χ4n) is 2.61. The highest BCUT2D eigenvalue weighted by atomic mass is 16.5. The van der Waals surface area contributed by atoms with Crippen molar-refractivity contribution in [2.24, 2.45) is 0 Å². The molecule has 0 aliphatic carbocycles. The summed E-state index contributed by atoms with van der Waals surface area (Å²) in [5.41, 5.74) is 3.56. The van der Waals surface area contributed by atoms with Gasteiger partial charge in [0.25, 0.3) is 0 Å². The highest BCUT2D eigenvalue weighted by Crippen LogP contribution is 2.24. The van der Waals surface area contributed by atoms with Crippen LogP contribution in [0.5, 0.6) is 0 Å². The van der Waals surface area contributed by atoms with Crippen LogP contribution in [0.15, 0.2) is 78.9 Å². The average Bonchev–Trinajstić information content (AvgIpc) is 2.72. The van der Waals surface area contributed by atoms with Crippen LogP contribution >= 0.6 is 0 Å². The molecule has 130 valence electrons. The van der Waals surface area contributed by atoms with E-state index in [1.165, 1.54) is 7.11 Å². The summed E-state index contributed by atoms with van der Waals surface area (Å²) in [5.74, 6) is -0.785. The van der Waals surface area contributed by atoms with Gasteiger partial charge in [0.1, 0.15) is 6.61 Å². The van der Waals surface area contributed by atoms with Crippen molar-refractivity contribution in [2.45, 2.75) is 6.61 Å². The molecule has 4 heteroatoms. The molecular formula is C22H18O4. The normalized spacial score (nSPS) is 10.2. The van der Waals surface area contributed by atoms with Gasteiger partial charge in [0.15, 0.2) is 0 Å². The van der Waals surface area contributed by atoms with Crippen molar-refractivity contribution < 1.29 is 19.1 Å². The molecule has 0 saturated carbocycles. The lowest BCUT2D eigenvalue weighted by Crippen LogP contribution is -2.07. The van der Waals surface area contributed by atoms with Gasteiger partial charge in [0.05, 0.1) is 18.2 Å². The molecule has 0 saturated heterocycles. The zero-order valence-corrected chi connectivity index (χ0v) is 14.3. The lowest BCUT2D eigenvalue weighted by molar-refractivity contribution is 0.0472. The van der Waals surface area contributed by atoms with E-state index in [9.17, 15) is 9.59 Å². The molecule has 0 amide bonds. The third-order valence-electron chi connectivity index (χ3n) is 3.98. The van der Waals surface area contributed by atoms with Crippen LogP contribution in [0, 0.1) is 0 Å². The Morgan fingerprint density at radius 2 is 1.42 bits per heavy atom. The summed E-state index contributed by atoms with van der Waals surface area (Å²) in [4.78, 5) is 24.0. The second-order valence-corrected chi connectivity index (χ2v) is 5.68. The maximum Gasteiger partial charge on any atom is 0.339 e. The average molecular weight is 346 g/mol. The Hall–Kier alpha value is -3.40. The van der Waals surface area contributed by atoms with E-state index in [0.29, 0.717) is 11.1 Å². The fourth-order valence-corrected chi connectivity index (χ4v) is 2.61. The number of carbonyl (C=O) groups excluding carboxylic acids is 2. The quantitative estimate of drug-likeness (QED) is 0.639. The number of benzene rings is 3. The third-order valence-corrected chi connectivity index (χ3v) is 3.98. The first-order valence-corrected chi connectivity index (χ1v) is 8.18. The molecule has 0 heterocycles. The second-order valence-electron chi connectivity index (χ2n) is 5.68. The van der Waals surface area contributed by atoms with Crippen molar-refractivity contribution in [1.29, 1.82) is 0 Å². The van der Waals surface area contributed by atoms with Crippen LogP contribution in [0.25, 0.3) is 11.1 Å². The third kappa shape index (κ3) is 3.98. The van der Waals surface area contributed by atoms with E-state index < -0.39 is 5.97 Å². The molecule has 0 radical (unpaired) electrons. The summed E-state index contributed by atoms with van der Waals surface area (Å²) < 4.78 is 10.1. The van der Waals surface area contributed by atoms with E-state index in [2.05, 4.69) is 4.74 Å². The molecular weight excluding hydrogens is 328 g/mol. The summed E-state index contributed by atoms with van der Waals surface area (Å²) in [6.45, 7) is 0.128. The van der Waals surface area contributed by atoms with Crippen LogP contribution in [0.4, 0.5) is 0 Å². The molecule has 0 bridgehead atoms. The molecule has 3 aromatic rings. The Morgan fingerprint density at radius 1 is 0.769 bits per heavy atom. The molecule has 0 atom stereocenters. The Bertz CT molecular complexity index is 899. The first kappa shape index (κ1) is 17.4. The van der Waals surface area contributed by atoms with Gasteiger partial charge < -0.3 is 9.47 Å². The molecule has 0 aliphatic rings. The zero-order valence-electron chi connectivity index (χ0n) is 14.3. The number of esters is 2. The van der Waals surface area contributed by atoms with Gasteiger partial charge in [-0.1, -0.05) is 60.7 Å².